The molecule has 1 aliphatic heterocycles. The Morgan fingerprint density at radius 2 is 2.00 bits per heavy atom. The predicted octanol–water partition coefficient (Wildman–Crippen LogP) is 1.86. The largest absolute Gasteiger partial charge is 0.396 e. The van der Waals surface area contributed by atoms with Crippen molar-refractivity contribution in [3.8, 4) is 0 Å². The third-order valence-corrected chi connectivity index (χ3v) is 5.10. The van der Waals surface area contributed by atoms with Crippen LogP contribution in [0, 0.1) is 11.3 Å². The molecule has 106 valence electrons. The van der Waals surface area contributed by atoms with E-state index in [0.29, 0.717) is 12.6 Å². The number of hydrogen-bond acceptors (Lipinski definition) is 3. The number of aliphatic hydroxyl groups excluding tert-OH is 1. The van der Waals surface area contributed by atoms with Crippen LogP contribution in [-0.2, 0) is 0 Å². The Morgan fingerprint density at radius 1 is 1.28 bits per heavy atom. The van der Waals surface area contributed by atoms with Crippen LogP contribution in [-0.4, -0.2) is 49.3 Å². The zero-order chi connectivity index (χ0) is 13.0. The van der Waals surface area contributed by atoms with E-state index in [2.05, 4.69) is 24.2 Å². The fourth-order valence-electron chi connectivity index (χ4n) is 3.70. The van der Waals surface area contributed by atoms with Crippen molar-refractivity contribution in [2.75, 3.05) is 33.3 Å². The Balaban J connectivity index is 1.82. The topological polar surface area (TPSA) is 35.5 Å². The first kappa shape index (κ1) is 14.3. The third-order valence-electron chi connectivity index (χ3n) is 5.10. The molecule has 1 saturated heterocycles. The summed E-state index contributed by atoms with van der Waals surface area (Å²) >= 11 is 0. The molecular weight excluding hydrogens is 224 g/mol. The van der Waals surface area contributed by atoms with E-state index >= 15 is 0 Å². The molecular formula is C15H30N2O. The summed E-state index contributed by atoms with van der Waals surface area (Å²) in [6.07, 6.45) is 7.61. The van der Waals surface area contributed by atoms with Crippen LogP contribution in [0.2, 0.25) is 0 Å². The second-order valence-corrected chi connectivity index (χ2v) is 6.73. The number of nitrogens with one attached hydrogen (secondary N) is 1. The Morgan fingerprint density at radius 3 is 2.61 bits per heavy atom. The molecule has 2 atom stereocenters. The van der Waals surface area contributed by atoms with E-state index in [9.17, 15) is 5.11 Å². The second kappa shape index (κ2) is 6.36. The van der Waals surface area contributed by atoms with Gasteiger partial charge in [0.25, 0.3) is 0 Å². The summed E-state index contributed by atoms with van der Waals surface area (Å²) < 4.78 is 0. The van der Waals surface area contributed by atoms with E-state index in [1.54, 1.807) is 0 Å². The fourth-order valence-corrected chi connectivity index (χ4v) is 3.70. The van der Waals surface area contributed by atoms with Crippen LogP contribution in [0.1, 0.15) is 45.4 Å². The highest BCUT2D eigenvalue weighted by atomic mass is 16.3. The van der Waals surface area contributed by atoms with E-state index in [1.165, 1.54) is 51.6 Å². The minimum Gasteiger partial charge on any atom is -0.396 e. The molecule has 0 aromatic heterocycles. The second-order valence-electron chi connectivity index (χ2n) is 6.73. The van der Waals surface area contributed by atoms with E-state index < -0.39 is 0 Å². The summed E-state index contributed by atoms with van der Waals surface area (Å²) in [7, 11) is 2.21. The summed E-state index contributed by atoms with van der Waals surface area (Å²) in [4.78, 5) is 2.42. The molecule has 0 amide bonds. The van der Waals surface area contributed by atoms with Crippen LogP contribution in [0.25, 0.3) is 0 Å². The zero-order valence-electron chi connectivity index (χ0n) is 12.1. The number of nitrogens with zero attached hydrogens (tertiary/aromatic N) is 1. The maximum Gasteiger partial charge on any atom is 0.0499 e. The van der Waals surface area contributed by atoms with Crippen molar-refractivity contribution in [2.24, 2.45) is 11.3 Å². The molecule has 1 heterocycles. The highest BCUT2D eigenvalue weighted by molar-refractivity contribution is 4.88. The molecule has 0 aromatic carbocycles. The van der Waals surface area contributed by atoms with Crippen LogP contribution in [0.4, 0.5) is 0 Å². The first-order chi connectivity index (χ1) is 8.65. The lowest BCUT2D eigenvalue weighted by molar-refractivity contribution is 0.0696. The number of aliphatic hydroxyl groups is 1. The van der Waals surface area contributed by atoms with Gasteiger partial charge in [0.1, 0.15) is 0 Å². The van der Waals surface area contributed by atoms with Gasteiger partial charge in [-0.05, 0) is 38.8 Å². The molecule has 0 spiro atoms. The van der Waals surface area contributed by atoms with Gasteiger partial charge in [0.2, 0.25) is 0 Å². The Labute approximate surface area is 112 Å². The van der Waals surface area contributed by atoms with Crippen molar-refractivity contribution in [3.63, 3.8) is 0 Å². The molecule has 3 heteroatoms. The van der Waals surface area contributed by atoms with Gasteiger partial charge < -0.3 is 15.3 Å². The molecule has 1 saturated carbocycles. The minimum absolute atomic E-state index is 0.182. The third kappa shape index (κ3) is 3.46. The van der Waals surface area contributed by atoms with E-state index in [1.807, 2.05) is 0 Å². The standard InChI is InChI=1S/C15H30N2O/c1-13-10-17(2)9-6-14(13)16-11-15(12-18)7-4-3-5-8-15/h13-14,16,18H,3-12H2,1-2H3. The van der Waals surface area contributed by atoms with E-state index in [-0.39, 0.29) is 5.41 Å². The van der Waals surface area contributed by atoms with Crippen molar-refractivity contribution in [3.05, 3.63) is 0 Å². The van der Waals surface area contributed by atoms with Gasteiger partial charge in [-0.2, -0.15) is 0 Å². The average Bonchev–Trinajstić information content (AvgIpc) is 2.39. The summed E-state index contributed by atoms with van der Waals surface area (Å²) in [6.45, 7) is 6.13. The molecule has 0 radical (unpaired) electrons. The van der Waals surface area contributed by atoms with Gasteiger partial charge in [-0.25, -0.2) is 0 Å². The number of hydrogen-bond donors (Lipinski definition) is 2. The van der Waals surface area contributed by atoms with Gasteiger partial charge >= 0.3 is 0 Å². The SMILES string of the molecule is CC1CN(C)CCC1NCC1(CO)CCCCC1. The summed E-state index contributed by atoms with van der Waals surface area (Å²) in [5, 5.41) is 13.5. The highest BCUT2D eigenvalue weighted by Crippen LogP contribution is 2.35. The predicted molar refractivity (Wildman–Crippen MR) is 75.7 cm³/mol. The van der Waals surface area contributed by atoms with E-state index in [0.717, 1.165) is 12.5 Å². The Kier molecular flexibility index (Phi) is 5.05. The minimum atomic E-state index is 0.182. The van der Waals surface area contributed by atoms with Crippen molar-refractivity contribution >= 4 is 0 Å². The molecule has 2 rings (SSSR count). The van der Waals surface area contributed by atoms with Gasteiger partial charge in [0.05, 0.1) is 0 Å². The van der Waals surface area contributed by atoms with Gasteiger partial charge in [-0.1, -0.05) is 26.2 Å². The molecule has 2 unspecified atom stereocenters. The molecule has 3 nitrogen and oxygen atoms in total. The molecule has 2 N–H and O–H groups in total. The van der Waals surface area contributed by atoms with Crippen LogP contribution in [0.15, 0.2) is 0 Å². The molecule has 2 aliphatic rings. The van der Waals surface area contributed by atoms with Gasteiger partial charge in [0, 0.05) is 31.2 Å². The van der Waals surface area contributed by atoms with Crippen LogP contribution < -0.4 is 5.32 Å². The first-order valence-corrected chi connectivity index (χ1v) is 7.68. The maximum atomic E-state index is 9.73. The number of rotatable bonds is 4. The lowest BCUT2D eigenvalue weighted by atomic mass is 9.74. The van der Waals surface area contributed by atoms with Crippen molar-refractivity contribution < 1.29 is 5.11 Å². The van der Waals surface area contributed by atoms with Crippen LogP contribution in [0.5, 0.6) is 0 Å². The summed E-state index contributed by atoms with van der Waals surface area (Å²) in [5.74, 6) is 0.725. The molecule has 0 bridgehead atoms. The molecule has 1 aliphatic carbocycles. The average molecular weight is 254 g/mol. The van der Waals surface area contributed by atoms with Gasteiger partial charge in [0.15, 0.2) is 0 Å². The first-order valence-electron chi connectivity index (χ1n) is 7.68. The normalized spacial score (nSPS) is 33.5. The maximum absolute atomic E-state index is 9.73. The quantitative estimate of drug-likeness (QED) is 0.804. The van der Waals surface area contributed by atoms with Gasteiger partial charge in [-0.15, -0.1) is 0 Å². The van der Waals surface area contributed by atoms with Crippen molar-refractivity contribution in [1.29, 1.82) is 0 Å². The number of piperidine rings is 1. The van der Waals surface area contributed by atoms with Crippen LogP contribution in [0.3, 0.4) is 0 Å². The van der Waals surface area contributed by atoms with E-state index in [4.69, 9.17) is 0 Å². The molecule has 2 fully saturated rings. The van der Waals surface area contributed by atoms with Crippen molar-refractivity contribution in [2.45, 2.75) is 51.5 Å². The highest BCUT2D eigenvalue weighted by Gasteiger charge is 2.33. The molecule has 0 aromatic rings. The monoisotopic (exact) mass is 254 g/mol. The van der Waals surface area contributed by atoms with Gasteiger partial charge in [-0.3, -0.25) is 0 Å². The molecule has 18 heavy (non-hydrogen) atoms. The Bertz CT molecular complexity index is 251. The van der Waals surface area contributed by atoms with Crippen molar-refractivity contribution in [1.82, 2.24) is 10.2 Å². The number of likely N-dealkylation sites (tertiary alicyclic amines) is 1. The lowest BCUT2D eigenvalue weighted by Crippen LogP contribution is -2.50. The Hall–Kier alpha value is -0.120. The smallest absolute Gasteiger partial charge is 0.0499 e. The van der Waals surface area contributed by atoms with Crippen LogP contribution >= 0.6 is 0 Å². The fraction of sp³-hybridized carbons (Fsp3) is 1.00. The lowest BCUT2D eigenvalue weighted by Gasteiger charge is -2.40. The summed E-state index contributed by atoms with van der Waals surface area (Å²) in [5.41, 5.74) is 0.182. The summed E-state index contributed by atoms with van der Waals surface area (Å²) in [6, 6.07) is 0.645. The zero-order valence-corrected chi connectivity index (χ0v) is 12.1.